The van der Waals surface area contributed by atoms with E-state index in [1.54, 1.807) is 12.1 Å². The molecule has 2 aromatic heterocycles. The Hall–Kier alpha value is -0.470. The van der Waals surface area contributed by atoms with E-state index in [9.17, 15) is 8.42 Å². The lowest BCUT2D eigenvalue weighted by molar-refractivity contribution is 0.402. The summed E-state index contributed by atoms with van der Waals surface area (Å²) in [5.41, 5.74) is 0.369. The Kier molecular flexibility index (Phi) is 4.13. The van der Waals surface area contributed by atoms with Gasteiger partial charge in [-0.2, -0.15) is 4.72 Å². The van der Waals surface area contributed by atoms with Crippen LogP contribution in [0, 0.1) is 6.92 Å². The summed E-state index contributed by atoms with van der Waals surface area (Å²) in [5, 5.41) is 2.83. The third-order valence-corrected chi connectivity index (χ3v) is 8.05. The Morgan fingerprint density at radius 1 is 1.33 bits per heavy atom. The lowest BCUT2D eigenvalue weighted by Crippen LogP contribution is -2.43. The van der Waals surface area contributed by atoms with Crippen LogP contribution in [0.3, 0.4) is 0 Å². The summed E-state index contributed by atoms with van der Waals surface area (Å²) in [5.74, 6) is 0. The third kappa shape index (κ3) is 3.03. The van der Waals surface area contributed by atoms with Crippen molar-refractivity contribution in [1.29, 1.82) is 0 Å². The van der Waals surface area contributed by atoms with Crippen LogP contribution in [0.5, 0.6) is 0 Å². The maximum absolute atomic E-state index is 12.6. The number of aryl methyl sites for hydroxylation is 1. The second-order valence-electron chi connectivity index (χ2n) is 5.25. The summed E-state index contributed by atoms with van der Waals surface area (Å²) >= 11 is 8.46. The Balaban J connectivity index is 1.96. The van der Waals surface area contributed by atoms with Crippen LogP contribution in [0.4, 0.5) is 0 Å². The van der Waals surface area contributed by atoms with Crippen LogP contribution in [0.1, 0.15) is 36.4 Å². The van der Waals surface area contributed by atoms with Gasteiger partial charge in [0.2, 0.25) is 0 Å². The minimum atomic E-state index is -3.57. The molecule has 0 spiro atoms. The number of rotatable bonds is 4. The number of halogens is 1. The first-order valence-corrected chi connectivity index (χ1v) is 10.2. The van der Waals surface area contributed by atoms with E-state index in [1.807, 2.05) is 12.3 Å². The SMILES string of the molecule is Cc1csc(C2(NS(=O)(=O)c3ccc(Cl)s3)CCCC2)n1. The molecule has 0 aromatic carbocycles. The summed E-state index contributed by atoms with van der Waals surface area (Å²) < 4.78 is 28.8. The first-order valence-electron chi connectivity index (χ1n) is 6.63. The van der Waals surface area contributed by atoms with Gasteiger partial charge >= 0.3 is 0 Å². The van der Waals surface area contributed by atoms with Crippen molar-refractivity contribution in [3.63, 3.8) is 0 Å². The highest BCUT2D eigenvalue weighted by Crippen LogP contribution is 2.41. The van der Waals surface area contributed by atoms with E-state index in [0.717, 1.165) is 47.7 Å². The lowest BCUT2D eigenvalue weighted by Gasteiger charge is -2.27. The van der Waals surface area contributed by atoms with Crippen LogP contribution in [0.15, 0.2) is 21.7 Å². The molecule has 114 valence electrons. The second kappa shape index (κ2) is 5.62. The highest BCUT2D eigenvalue weighted by molar-refractivity contribution is 7.91. The molecule has 21 heavy (non-hydrogen) atoms. The molecule has 1 aliphatic rings. The quantitative estimate of drug-likeness (QED) is 0.896. The molecule has 3 rings (SSSR count). The fraction of sp³-hybridized carbons (Fsp3) is 0.462. The maximum atomic E-state index is 12.6. The molecule has 4 nitrogen and oxygen atoms in total. The Morgan fingerprint density at radius 2 is 2.05 bits per heavy atom. The standard InChI is InChI=1S/C13H15ClN2O2S3/c1-9-8-19-12(15-9)13(6-2-3-7-13)16-21(17,18)11-5-4-10(14)20-11/h4-5,8,16H,2-3,6-7H2,1H3. The van der Waals surface area contributed by atoms with Crippen molar-refractivity contribution in [2.45, 2.75) is 42.4 Å². The predicted molar refractivity (Wildman–Crippen MR) is 86.6 cm³/mol. The number of hydrogen-bond donors (Lipinski definition) is 1. The zero-order chi connectivity index (χ0) is 15.1. The van der Waals surface area contributed by atoms with E-state index in [0.29, 0.717) is 4.34 Å². The Morgan fingerprint density at radius 3 is 2.57 bits per heavy atom. The van der Waals surface area contributed by atoms with Crippen molar-refractivity contribution in [3.8, 4) is 0 Å². The van der Waals surface area contributed by atoms with E-state index < -0.39 is 15.6 Å². The number of nitrogens with one attached hydrogen (secondary N) is 1. The van der Waals surface area contributed by atoms with Gasteiger partial charge in [0, 0.05) is 11.1 Å². The van der Waals surface area contributed by atoms with Crippen LogP contribution in [0.25, 0.3) is 0 Å². The van der Waals surface area contributed by atoms with Crippen molar-refractivity contribution in [1.82, 2.24) is 9.71 Å². The van der Waals surface area contributed by atoms with Gasteiger partial charge in [-0.3, -0.25) is 0 Å². The summed E-state index contributed by atoms with van der Waals surface area (Å²) in [6, 6.07) is 3.15. The topological polar surface area (TPSA) is 59.1 Å². The van der Waals surface area contributed by atoms with Crippen molar-refractivity contribution in [2.24, 2.45) is 0 Å². The molecule has 0 saturated heterocycles. The van der Waals surface area contributed by atoms with Gasteiger partial charge in [-0.05, 0) is 31.9 Å². The molecule has 2 aromatic rings. The third-order valence-electron chi connectivity index (χ3n) is 3.63. The highest BCUT2D eigenvalue weighted by Gasteiger charge is 2.42. The zero-order valence-electron chi connectivity index (χ0n) is 11.4. The number of sulfonamides is 1. The summed E-state index contributed by atoms with van der Waals surface area (Å²) in [4.78, 5) is 4.52. The molecule has 0 aliphatic heterocycles. The van der Waals surface area contributed by atoms with Crippen LogP contribution in [-0.2, 0) is 15.6 Å². The molecule has 1 N–H and O–H groups in total. The number of thiazole rings is 1. The van der Waals surface area contributed by atoms with Crippen LogP contribution in [-0.4, -0.2) is 13.4 Å². The molecule has 8 heteroatoms. The van der Waals surface area contributed by atoms with Gasteiger partial charge < -0.3 is 0 Å². The van der Waals surface area contributed by atoms with Gasteiger partial charge in [-0.25, -0.2) is 13.4 Å². The van der Waals surface area contributed by atoms with Gasteiger partial charge in [-0.15, -0.1) is 22.7 Å². The van der Waals surface area contributed by atoms with Crippen molar-refractivity contribution >= 4 is 44.3 Å². The van der Waals surface area contributed by atoms with Crippen LogP contribution >= 0.6 is 34.3 Å². The molecule has 0 amide bonds. The lowest BCUT2D eigenvalue weighted by atomic mass is 10.0. The van der Waals surface area contributed by atoms with Gasteiger partial charge in [-0.1, -0.05) is 24.4 Å². The van der Waals surface area contributed by atoms with E-state index in [2.05, 4.69) is 9.71 Å². The monoisotopic (exact) mass is 362 g/mol. The average molecular weight is 363 g/mol. The van der Waals surface area contributed by atoms with E-state index in [1.165, 1.54) is 11.3 Å². The molecular formula is C13H15ClN2O2S3. The minimum absolute atomic E-state index is 0.257. The van der Waals surface area contributed by atoms with Gasteiger partial charge in [0.25, 0.3) is 10.0 Å². The van der Waals surface area contributed by atoms with Crippen LogP contribution < -0.4 is 4.72 Å². The summed E-state index contributed by atoms with van der Waals surface area (Å²) in [6.45, 7) is 1.93. The minimum Gasteiger partial charge on any atom is -0.245 e. The zero-order valence-corrected chi connectivity index (χ0v) is 14.6. The maximum Gasteiger partial charge on any atom is 0.250 e. The Labute approximate surface area is 137 Å². The molecule has 1 aliphatic carbocycles. The van der Waals surface area contributed by atoms with Gasteiger partial charge in [0.1, 0.15) is 9.22 Å². The fourth-order valence-electron chi connectivity index (χ4n) is 2.66. The molecule has 0 radical (unpaired) electrons. The van der Waals surface area contributed by atoms with Crippen molar-refractivity contribution in [3.05, 3.63) is 32.6 Å². The average Bonchev–Trinajstić information content (AvgIpc) is 3.10. The molecule has 0 unspecified atom stereocenters. The number of hydrogen-bond acceptors (Lipinski definition) is 5. The van der Waals surface area contributed by atoms with E-state index in [-0.39, 0.29) is 4.21 Å². The summed E-state index contributed by atoms with van der Waals surface area (Å²) in [7, 11) is -3.57. The molecule has 1 fully saturated rings. The number of thiophene rings is 1. The van der Waals surface area contributed by atoms with Crippen molar-refractivity contribution < 1.29 is 8.42 Å². The van der Waals surface area contributed by atoms with Gasteiger partial charge in [0.15, 0.2) is 0 Å². The smallest absolute Gasteiger partial charge is 0.245 e. The summed E-state index contributed by atoms with van der Waals surface area (Å²) in [6.07, 6.45) is 3.59. The van der Waals surface area contributed by atoms with Gasteiger partial charge in [0.05, 0.1) is 9.88 Å². The predicted octanol–water partition coefficient (Wildman–Crippen LogP) is 3.91. The first kappa shape index (κ1) is 15.4. The molecule has 1 saturated carbocycles. The first-order chi connectivity index (χ1) is 9.91. The highest BCUT2D eigenvalue weighted by atomic mass is 35.5. The van der Waals surface area contributed by atoms with Crippen molar-refractivity contribution in [2.75, 3.05) is 0 Å². The van der Waals surface area contributed by atoms with Crippen LogP contribution in [0.2, 0.25) is 4.34 Å². The fourth-order valence-corrected chi connectivity index (χ4v) is 6.65. The second-order valence-corrected chi connectivity index (χ2v) is 9.73. The molecule has 0 bridgehead atoms. The Bertz CT molecular complexity index is 745. The molecular weight excluding hydrogens is 348 g/mol. The normalized spacial score (nSPS) is 18.2. The number of aromatic nitrogens is 1. The molecule has 0 atom stereocenters. The van der Waals surface area contributed by atoms with E-state index in [4.69, 9.17) is 11.6 Å². The van der Waals surface area contributed by atoms with E-state index >= 15 is 0 Å². The largest absolute Gasteiger partial charge is 0.250 e. The molecule has 2 heterocycles. The number of nitrogens with zero attached hydrogens (tertiary/aromatic N) is 1.